The fourth-order valence-electron chi connectivity index (χ4n) is 1.48. The summed E-state index contributed by atoms with van der Waals surface area (Å²) >= 11 is 3.27. The smallest absolute Gasteiger partial charge is 0.169 e. The van der Waals surface area contributed by atoms with Crippen LogP contribution in [0.1, 0.15) is 24.6 Å². The molecule has 0 saturated carbocycles. The molecular formula is C10H13BrN4O. The van der Waals surface area contributed by atoms with Crippen LogP contribution in [0, 0.1) is 0 Å². The molecule has 2 aromatic heterocycles. The van der Waals surface area contributed by atoms with Crippen LogP contribution in [-0.2, 0) is 13.6 Å². The summed E-state index contributed by atoms with van der Waals surface area (Å²) in [6, 6.07) is 3.95. The predicted molar refractivity (Wildman–Crippen MR) is 62.7 cm³/mol. The first kappa shape index (κ1) is 11.3. The normalized spacial score (nSPS) is 12.9. The van der Waals surface area contributed by atoms with Crippen LogP contribution in [-0.4, -0.2) is 14.8 Å². The largest absolute Gasteiger partial charge is 0.453 e. The van der Waals surface area contributed by atoms with E-state index in [1.54, 1.807) is 6.33 Å². The fourth-order valence-corrected chi connectivity index (χ4v) is 1.82. The van der Waals surface area contributed by atoms with Crippen LogP contribution < -0.4 is 5.32 Å². The first-order chi connectivity index (χ1) is 7.66. The Labute approximate surface area is 102 Å². The van der Waals surface area contributed by atoms with Gasteiger partial charge in [0.15, 0.2) is 4.67 Å². The third kappa shape index (κ3) is 2.51. The highest BCUT2D eigenvalue weighted by atomic mass is 79.9. The number of nitrogens with zero attached hydrogens (tertiary/aromatic N) is 3. The lowest BCUT2D eigenvalue weighted by Gasteiger charge is -2.11. The van der Waals surface area contributed by atoms with Gasteiger partial charge in [-0.05, 0) is 35.0 Å². The van der Waals surface area contributed by atoms with Crippen molar-refractivity contribution in [3.8, 4) is 0 Å². The molecule has 0 amide bonds. The molecule has 0 saturated heterocycles. The molecule has 0 aliphatic carbocycles. The standard InChI is InChI=1S/C10H13BrN4O/c1-7(10-14-13-6-15(10)2)12-5-8-3-4-9(11)16-8/h3-4,6-7,12H,5H2,1-2H3. The fraction of sp³-hybridized carbons (Fsp3) is 0.400. The molecule has 2 heterocycles. The van der Waals surface area contributed by atoms with Gasteiger partial charge in [0.1, 0.15) is 17.9 Å². The molecule has 0 aromatic carbocycles. The van der Waals surface area contributed by atoms with Crippen molar-refractivity contribution in [1.82, 2.24) is 20.1 Å². The molecule has 0 radical (unpaired) electrons. The van der Waals surface area contributed by atoms with Crippen molar-refractivity contribution in [1.29, 1.82) is 0 Å². The molecule has 5 nitrogen and oxygen atoms in total. The highest BCUT2D eigenvalue weighted by molar-refractivity contribution is 9.10. The predicted octanol–water partition coefficient (Wildman–Crippen LogP) is 2.02. The number of aryl methyl sites for hydroxylation is 1. The second-order valence-corrected chi connectivity index (χ2v) is 4.39. The molecule has 16 heavy (non-hydrogen) atoms. The van der Waals surface area contributed by atoms with E-state index in [9.17, 15) is 0 Å². The number of halogens is 1. The van der Waals surface area contributed by atoms with Gasteiger partial charge in [-0.3, -0.25) is 0 Å². The third-order valence-corrected chi connectivity index (χ3v) is 2.77. The van der Waals surface area contributed by atoms with Gasteiger partial charge in [0.25, 0.3) is 0 Å². The van der Waals surface area contributed by atoms with Crippen LogP contribution >= 0.6 is 15.9 Å². The average molecular weight is 285 g/mol. The summed E-state index contributed by atoms with van der Waals surface area (Å²) in [6.45, 7) is 2.71. The quantitative estimate of drug-likeness (QED) is 0.933. The van der Waals surface area contributed by atoms with Crippen LogP contribution in [0.5, 0.6) is 0 Å². The van der Waals surface area contributed by atoms with Crippen molar-refractivity contribution in [2.75, 3.05) is 0 Å². The number of hydrogen-bond donors (Lipinski definition) is 1. The Morgan fingerprint density at radius 3 is 2.94 bits per heavy atom. The van der Waals surface area contributed by atoms with Gasteiger partial charge in [-0.1, -0.05) is 0 Å². The molecule has 2 rings (SSSR count). The van der Waals surface area contributed by atoms with E-state index >= 15 is 0 Å². The monoisotopic (exact) mass is 284 g/mol. The van der Waals surface area contributed by atoms with Crippen molar-refractivity contribution < 1.29 is 4.42 Å². The SMILES string of the molecule is CC(NCc1ccc(Br)o1)c1nncn1C. The van der Waals surface area contributed by atoms with E-state index in [4.69, 9.17) is 4.42 Å². The number of nitrogens with one attached hydrogen (secondary N) is 1. The average Bonchev–Trinajstić information content (AvgIpc) is 2.84. The number of furan rings is 1. The van der Waals surface area contributed by atoms with Crippen LogP contribution in [0.3, 0.4) is 0 Å². The first-order valence-corrected chi connectivity index (χ1v) is 5.77. The zero-order valence-electron chi connectivity index (χ0n) is 9.14. The van der Waals surface area contributed by atoms with E-state index in [1.807, 2.05) is 30.7 Å². The summed E-state index contributed by atoms with van der Waals surface area (Å²) in [4.78, 5) is 0. The lowest BCUT2D eigenvalue weighted by molar-refractivity contribution is 0.437. The van der Waals surface area contributed by atoms with Gasteiger partial charge < -0.3 is 14.3 Å². The molecule has 1 atom stereocenters. The summed E-state index contributed by atoms with van der Waals surface area (Å²) in [5, 5.41) is 11.2. The minimum absolute atomic E-state index is 0.136. The van der Waals surface area contributed by atoms with E-state index in [1.165, 1.54) is 0 Å². The van der Waals surface area contributed by atoms with Crippen molar-refractivity contribution in [3.63, 3.8) is 0 Å². The van der Waals surface area contributed by atoms with Crippen molar-refractivity contribution >= 4 is 15.9 Å². The van der Waals surface area contributed by atoms with Gasteiger partial charge in [-0.15, -0.1) is 10.2 Å². The van der Waals surface area contributed by atoms with E-state index in [0.717, 1.165) is 16.3 Å². The first-order valence-electron chi connectivity index (χ1n) is 4.98. The molecular weight excluding hydrogens is 272 g/mol. The second kappa shape index (κ2) is 4.80. The summed E-state index contributed by atoms with van der Waals surface area (Å²) in [5.74, 6) is 1.80. The number of hydrogen-bond acceptors (Lipinski definition) is 4. The van der Waals surface area contributed by atoms with E-state index < -0.39 is 0 Å². The van der Waals surface area contributed by atoms with E-state index in [0.29, 0.717) is 6.54 Å². The second-order valence-electron chi connectivity index (χ2n) is 3.61. The topological polar surface area (TPSA) is 55.9 Å². The highest BCUT2D eigenvalue weighted by Gasteiger charge is 2.11. The van der Waals surface area contributed by atoms with Gasteiger partial charge >= 0.3 is 0 Å². The maximum atomic E-state index is 5.39. The molecule has 0 bridgehead atoms. The molecule has 0 aliphatic rings. The van der Waals surface area contributed by atoms with Gasteiger partial charge in [0.05, 0.1) is 12.6 Å². The highest BCUT2D eigenvalue weighted by Crippen LogP contribution is 2.15. The van der Waals surface area contributed by atoms with E-state index in [2.05, 4.69) is 31.4 Å². The Hall–Kier alpha value is -1.14. The molecule has 0 spiro atoms. The summed E-state index contributed by atoms with van der Waals surface area (Å²) in [6.07, 6.45) is 1.69. The van der Waals surface area contributed by atoms with Crippen molar-refractivity contribution in [2.45, 2.75) is 19.5 Å². The summed E-state index contributed by atoms with van der Waals surface area (Å²) in [7, 11) is 1.93. The Balaban J connectivity index is 1.93. The maximum absolute atomic E-state index is 5.39. The summed E-state index contributed by atoms with van der Waals surface area (Å²) in [5.41, 5.74) is 0. The molecule has 0 aliphatic heterocycles. The Morgan fingerprint density at radius 1 is 1.56 bits per heavy atom. The third-order valence-electron chi connectivity index (χ3n) is 2.35. The molecule has 0 fully saturated rings. The lowest BCUT2D eigenvalue weighted by atomic mass is 10.3. The Bertz CT molecular complexity index is 465. The lowest BCUT2D eigenvalue weighted by Crippen LogP contribution is -2.20. The summed E-state index contributed by atoms with van der Waals surface area (Å²) < 4.78 is 8.04. The van der Waals surface area contributed by atoms with Gasteiger partial charge in [0, 0.05) is 7.05 Å². The van der Waals surface area contributed by atoms with Crippen molar-refractivity contribution in [2.24, 2.45) is 7.05 Å². The maximum Gasteiger partial charge on any atom is 0.169 e. The molecule has 86 valence electrons. The zero-order chi connectivity index (χ0) is 11.5. The Morgan fingerprint density at radius 2 is 2.38 bits per heavy atom. The minimum atomic E-state index is 0.136. The zero-order valence-corrected chi connectivity index (χ0v) is 10.7. The molecule has 6 heteroatoms. The van der Waals surface area contributed by atoms with E-state index in [-0.39, 0.29) is 6.04 Å². The number of aromatic nitrogens is 3. The van der Waals surface area contributed by atoms with Crippen LogP contribution in [0.25, 0.3) is 0 Å². The van der Waals surface area contributed by atoms with Crippen molar-refractivity contribution in [3.05, 3.63) is 34.7 Å². The Kier molecular flexibility index (Phi) is 3.40. The minimum Gasteiger partial charge on any atom is -0.453 e. The molecule has 1 N–H and O–H groups in total. The van der Waals surface area contributed by atoms with Gasteiger partial charge in [0.2, 0.25) is 0 Å². The number of rotatable bonds is 4. The van der Waals surface area contributed by atoms with Gasteiger partial charge in [-0.2, -0.15) is 0 Å². The van der Waals surface area contributed by atoms with Crippen LogP contribution in [0.2, 0.25) is 0 Å². The molecule has 1 unspecified atom stereocenters. The van der Waals surface area contributed by atoms with Gasteiger partial charge in [-0.25, -0.2) is 0 Å². The molecule has 2 aromatic rings. The van der Waals surface area contributed by atoms with Crippen LogP contribution in [0.4, 0.5) is 0 Å². The van der Waals surface area contributed by atoms with Crippen LogP contribution in [0.15, 0.2) is 27.5 Å².